The van der Waals surface area contributed by atoms with Crippen LogP contribution in [-0.2, 0) is 16.1 Å². The number of hydrogen-bond acceptors (Lipinski definition) is 4. The molecular weight excluding hydrogens is 340 g/mol. The lowest BCUT2D eigenvalue weighted by molar-refractivity contribution is -0.135. The largest absolute Gasteiger partial charge is 0.484 e. The van der Waals surface area contributed by atoms with Crippen molar-refractivity contribution in [1.82, 2.24) is 9.88 Å². The Morgan fingerprint density at radius 3 is 2.88 bits per heavy atom. The number of halogens is 1. The minimum absolute atomic E-state index is 0.0296. The van der Waals surface area contributed by atoms with Crippen molar-refractivity contribution in [3.05, 3.63) is 59.4 Å². The van der Waals surface area contributed by atoms with Gasteiger partial charge in [0.25, 0.3) is 5.91 Å². The molecule has 132 valence electrons. The lowest BCUT2D eigenvalue weighted by atomic mass is 10.2. The lowest BCUT2D eigenvalue weighted by Crippen LogP contribution is -2.39. The highest BCUT2D eigenvalue weighted by atomic mass is 35.5. The topological polar surface area (TPSA) is 51.7 Å². The second-order valence-corrected chi connectivity index (χ2v) is 6.45. The van der Waals surface area contributed by atoms with Crippen LogP contribution in [0.1, 0.15) is 18.4 Å². The average molecular weight is 361 g/mol. The summed E-state index contributed by atoms with van der Waals surface area (Å²) in [4.78, 5) is 18.5. The first kappa shape index (κ1) is 17.7. The first-order chi connectivity index (χ1) is 12.2. The van der Waals surface area contributed by atoms with Crippen LogP contribution in [-0.4, -0.2) is 41.7 Å². The first-order valence-electron chi connectivity index (χ1n) is 8.37. The van der Waals surface area contributed by atoms with Gasteiger partial charge in [-0.3, -0.25) is 9.78 Å². The number of benzene rings is 1. The number of pyridine rings is 1. The van der Waals surface area contributed by atoms with Crippen LogP contribution in [0.3, 0.4) is 0 Å². The van der Waals surface area contributed by atoms with E-state index >= 15 is 0 Å². The number of hydrogen-bond donors (Lipinski definition) is 0. The molecule has 0 aliphatic carbocycles. The van der Waals surface area contributed by atoms with Crippen molar-refractivity contribution >= 4 is 17.5 Å². The van der Waals surface area contributed by atoms with Crippen LogP contribution in [0.15, 0.2) is 48.8 Å². The Hall–Kier alpha value is -2.11. The van der Waals surface area contributed by atoms with E-state index in [1.165, 1.54) is 0 Å². The van der Waals surface area contributed by atoms with Gasteiger partial charge in [0.15, 0.2) is 6.61 Å². The van der Waals surface area contributed by atoms with Crippen molar-refractivity contribution in [2.24, 2.45) is 0 Å². The highest BCUT2D eigenvalue weighted by Crippen LogP contribution is 2.18. The number of nitrogens with zero attached hydrogens (tertiary/aromatic N) is 2. The first-order valence-corrected chi connectivity index (χ1v) is 8.75. The molecule has 1 atom stereocenters. The third-order valence-corrected chi connectivity index (χ3v) is 4.32. The molecule has 1 aromatic heterocycles. The van der Waals surface area contributed by atoms with Crippen LogP contribution in [0.5, 0.6) is 5.75 Å². The summed E-state index contributed by atoms with van der Waals surface area (Å²) < 4.78 is 11.3. The van der Waals surface area contributed by atoms with Crippen molar-refractivity contribution < 1.29 is 14.3 Å². The van der Waals surface area contributed by atoms with E-state index in [-0.39, 0.29) is 18.6 Å². The zero-order chi connectivity index (χ0) is 17.5. The van der Waals surface area contributed by atoms with Gasteiger partial charge in [-0.05, 0) is 48.7 Å². The number of aromatic nitrogens is 1. The molecule has 0 spiro atoms. The molecule has 1 amide bonds. The van der Waals surface area contributed by atoms with E-state index in [1.807, 2.05) is 12.1 Å². The second kappa shape index (κ2) is 8.83. The summed E-state index contributed by atoms with van der Waals surface area (Å²) in [5.41, 5.74) is 1.03. The van der Waals surface area contributed by atoms with Crippen LogP contribution in [0.2, 0.25) is 5.02 Å². The van der Waals surface area contributed by atoms with Gasteiger partial charge in [-0.15, -0.1) is 0 Å². The maximum atomic E-state index is 12.7. The number of rotatable bonds is 7. The maximum Gasteiger partial charge on any atom is 0.260 e. The molecule has 0 radical (unpaired) electrons. The summed E-state index contributed by atoms with van der Waals surface area (Å²) in [6, 6.07) is 10.9. The fourth-order valence-electron chi connectivity index (χ4n) is 2.79. The standard InChI is InChI=1S/C19H21ClN2O3/c20-16-3-1-4-17(11-16)25-14-19(23)22(13-18-5-2-10-24-18)12-15-6-8-21-9-7-15/h1,3-4,6-9,11,18H,2,5,10,12-14H2. The Balaban J connectivity index is 1.63. The molecule has 1 aliphatic heterocycles. The summed E-state index contributed by atoms with van der Waals surface area (Å²) in [7, 11) is 0. The third-order valence-electron chi connectivity index (χ3n) is 4.08. The highest BCUT2D eigenvalue weighted by molar-refractivity contribution is 6.30. The third kappa shape index (κ3) is 5.44. The zero-order valence-corrected chi connectivity index (χ0v) is 14.7. The quantitative estimate of drug-likeness (QED) is 0.760. The van der Waals surface area contributed by atoms with Gasteiger partial charge in [0.1, 0.15) is 5.75 Å². The van der Waals surface area contributed by atoms with Crippen molar-refractivity contribution in [2.75, 3.05) is 19.8 Å². The molecule has 5 nitrogen and oxygen atoms in total. The van der Waals surface area contributed by atoms with Gasteiger partial charge in [-0.25, -0.2) is 0 Å². The van der Waals surface area contributed by atoms with Crippen molar-refractivity contribution in [3.8, 4) is 5.75 Å². The minimum Gasteiger partial charge on any atom is -0.484 e. The summed E-state index contributed by atoms with van der Waals surface area (Å²) in [5.74, 6) is 0.508. The molecule has 2 aromatic rings. The van der Waals surface area contributed by atoms with E-state index in [4.69, 9.17) is 21.1 Å². The summed E-state index contributed by atoms with van der Waals surface area (Å²) in [6.07, 6.45) is 5.58. The second-order valence-electron chi connectivity index (χ2n) is 6.01. The molecule has 1 aliphatic rings. The number of carbonyl (C=O) groups excluding carboxylic acids is 1. The van der Waals surface area contributed by atoms with Crippen LogP contribution in [0, 0.1) is 0 Å². The summed E-state index contributed by atoms with van der Waals surface area (Å²) in [6.45, 7) is 1.82. The van der Waals surface area contributed by atoms with E-state index in [0.29, 0.717) is 23.9 Å². The molecule has 25 heavy (non-hydrogen) atoms. The smallest absolute Gasteiger partial charge is 0.260 e. The van der Waals surface area contributed by atoms with Crippen LogP contribution < -0.4 is 4.74 Å². The summed E-state index contributed by atoms with van der Waals surface area (Å²) in [5, 5.41) is 0.581. The molecule has 3 rings (SSSR count). The van der Waals surface area contributed by atoms with E-state index in [9.17, 15) is 4.79 Å². The van der Waals surface area contributed by atoms with Gasteiger partial charge in [-0.1, -0.05) is 17.7 Å². The number of ether oxygens (including phenoxy) is 2. The van der Waals surface area contributed by atoms with Crippen LogP contribution in [0.4, 0.5) is 0 Å². The molecule has 1 unspecified atom stereocenters. The van der Waals surface area contributed by atoms with E-state index in [1.54, 1.807) is 41.6 Å². The monoisotopic (exact) mass is 360 g/mol. The predicted octanol–water partition coefficient (Wildman–Crippen LogP) is 3.32. The Morgan fingerprint density at radius 2 is 2.16 bits per heavy atom. The molecule has 1 saturated heterocycles. The van der Waals surface area contributed by atoms with Crippen molar-refractivity contribution in [2.45, 2.75) is 25.5 Å². The van der Waals surface area contributed by atoms with E-state index in [2.05, 4.69) is 4.98 Å². The lowest BCUT2D eigenvalue weighted by Gasteiger charge is -2.25. The molecule has 2 heterocycles. The highest BCUT2D eigenvalue weighted by Gasteiger charge is 2.23. The Morgan fingerprint density at radius 1 is 1.32 bits per heavy atom. The molecular formula is C19H21ClN2O3. The fraction of sp³-hybridized carbons (Fsp3) is 0.368. The van der Waals surface area contributed by atoms with Gasteiger partial charge in [0.2, 0.25) is 0 Å². The Bertz CT molecular complexity index is 690. The molecule has 0 bridgehead atoms. The van der Waals surface area contributed by atoms with Gasteiger partial charge in [-0.2, -0.15) is 0 Å². The normalized spacial score (nSPS) is 16.6. The maximum absolute atomic E-state index is 12.7. The van der Waals surface area contributed by atoms with Gasteiger partial charge in [0.05, 0.1) is 6.10 Å². The molecule has 0 saturated carbocycles. The number of carbonyl (C=O) groups is 1. The molecule has 0 N–H and O–H groups in total. The summed E-state index contributed by atoms with van der Waals surface area (Å²) >= 11 is 5.95. The molecule has 1 aromatic carbocycles. The van der Waals surface area contributed by atoms with Gasteiger partial charge in [0, 0.05) is 37.1 Å². The number of amides is 1. The average Bonchev–Trinajstić information content (AvgIpc) is 3.13. The van der Waals surface area contributed by atoms with Crippen LogP contribution in [0.25, 0.3) is 0 Å². The van der Waals surface area contributed by atoms with Crippen molar-refractivity contribution in [1.29, 1.82) is 0 Å². The molecule has 6 heteroatoms. The van der Waals surface area contributed by atoms with E-state index in [0.717, 1.165) is 25.0 Å². The minimum atomic E-state index is -0.0766. The fourth-order valence-corrected chi connectivity index (χ4v) is 2.97. The predicted molar refractivity (Wildman–Crippen MR) is 95.6 cm³/mol. The zero-order valence-electron chi connectivity index (χ0n) is 13.9. The Kier molecular flexibility index (Phi) is 6.25. The SMILES string of the molecule is O=C(COc1cccc(Cl)c1)N(Cc1ccncc1)CC1CCCO1. The van der Waals surface area contributed by atoms with Gasteiger partial charge < -0.3 is 14.4 Å². The van der Waals surface area contributed by atoms with Crippen LogP contribution >= 0.6 is 11.6 Å². The van der Waals surface area contributed by atoms with Gasteiger partial charge >= 0.3 is 0 Å². The molecule has 1 fully saturated rings. The Labute approximate surface area is 152 Å². The van der Waals surface area contributed by atoms with Crippen molar-refractivity contribution in [3.63, 3.8) is 0 Å². The van der Waals surface area contributed by atoms with E-state index < -0.39 is 0 Å².